The second-order valence-electron chi connectivity index (χ2n) is 5.72. The van der Waals surface area contributed by atoms with Gasteiger partial charge in [0, 0.05) is 5.39 Å². The molecule has 0 aliphatic rings. The lowest BCUT2D eigenvalue weighted by Crippen LogP contribution is -2.18. The summed E-state index contributed by atoms with van der Waals surface area (Å²) < 4.78 is 6.13. The lowest BCUT2D eigenvalue weighted by Gasteiger charge is -2.17. The Morgan fingerprint density at radius 1 is 0.952 bits per heavy atom. The zero-order valence-corrected chi connectivity index (χ0v) is 13.0. The molecule has 2 heteroatoms. The second-order valence-corrected chi connectivity index (χ2v) is 5.72. The van der Waals surface area contributed by atoms with E-state index in [1.807, 2.05) is 7.05 Å². The van der Waals surface area contributed by atoms with E-state index in [2.05, 4.69) is 68.6 Å². The average molecular weight is 279 g/mol. The minimum absolute atomic E-state index is 0.0809. The Labute approximate surface area is 125 Å². The zero-order valence-electron chi connectivity index (χ0n) is 13.0. The molecule has 0 spiro atoms. The summed E-state index contributed by atoms with van der Waals surface area (Å²) in [6, 6.07) is 15.0. The van der Waals surface area contributed by atoms with Crippen LogP contribution >= 0.6 is 0 Å². The molecule has 3 aromatic rings. The number of benzene rings is 2. The van der Waals surface area contributed by atoms with E-state index in [9.17, 15) is 0 Å². The highest BCUT2D eigenvalue weighted by Crippen LogP contribution is 2.31. The number of para-hydroxylation sites is 1. The van der Waals surface area contributed by atoms with Crippen molar-refractivity contribution < 1.29 is 4.42 Å². The molecular weight excluding hydrogens is 258 g/mol. The van der Waals surface area contributed by atoms with E-state index in [1.165, 1.54) is 22.3 Å². The Kier molecular flexibility index (Phi) is 3.56. The van der Waals surface area contributed by atoms with Gasteiger partial charge in [0.2, 0.25) is 0 Å². The number of furan rings is 1. The molecule has 1 unspecified atom stereocenters. The van der Waals surface area contributed by atoms with Crippen molar-refractivity contribution in [3.8, 4) is 0 Å². The summed E-state index contributed by atoms with van der Waals surface area (Å²) in [6.45, 7) is 6.36. The van der Waals surface area contributed by atoms with Gasteiger partial charge in [0.05, 0.1) is 6.04 Å². The van der Waals surface area contributed by atoms with Crippen LogP contribution in [-0.4, -0.2) is 7.05 Å². The molecule has 0 radical (unpaired) electrons. The summed E-state index contributed by atoms with van der Waals surface area (Å²) in [5, 5.41) is 4.54. The molecule has 21 heavy (non-hydrogen) atoms. The van der Waals surface area contributed by atoms with Crippen molar-refractivity contribution >= 4 is 11.0 Å². The molecule has 2 nitrogen and oxygen atoms in total. The molecule has 3 rings (SSSR count). The molecule has 0 fully saturated rings. The molecular formula is C19H21NO. The van der Waals surface area contributed by atoms with Crippen LogP contribution in [0.5, 0.6) is 0 Å². The van der Waals surface area contributed by atoms with Crippen LogP contribution in [0.1, 0.15) is 34.1 Å². The van der Waals surface area contributed by atoms with E-state index < -0.39 is 0 Å². The third-order valence-electron chi connectivity index (χ3n) is 4.07. The second kappa shape index (κ2) is 5.38. The lowest BCUT2D eigenvalue weighted by molar-refractivity contribution is 0.489. The monoisotopic (exact) mass is 279 g/mol. The van der Waals surface area contributed by atoms with Crippen LogP contribution in [0.15, 0.2) is 46.9 Å². The smallest absolute Gasteiger partial charge is 0.137 e. The predicted molar refractivity (Wildman–Crippen MR) is 87.8 cm³/mol. The normalized spacial score (nSPS) is 12.8. The van der Waals surface area contributed by atoms with E-state index in [-0.39, 0.29) is 6.04 Å². The number of fused-ring (bicyclic) bond motifs is 1. The van der Waals surface area contributed by atoms with E-state index in [0.29, 0.717) is 0 Å². The summed E-state index contributed by atoms with van der Waals surface area (Å²) in [7, 11) is 1.98. The van der Waals surface area contributed by atoms with Crippen LogP contribution in [0.4, 0.5) is 0 Å². The maximum absolute atomic E-state index is 6.13. The minimum atomic E-state index is 0.0809. The Balaban J connectivity index is 2.11. The van der Waals surface area contributed by atoms with Crippen molar-refractivity contribution in [1.82, 2.24) is 5.32 Å². The number of hydrogen-bond donors (Lipinski definition) is 1. The minimum Gasteiger partial charge on any atom is -0.459 e. The van der Waals surface area contributed by atoms with Gasteiger partial charge >= 0.3 is 0 Å². The summed E-state index contributed by atoms with van der Waals surface area (Å²) in [5.74, 6) is 0.966. The van der Waals surface area contributed by atoms with Gasteiger partial charge in [-0.15, -0.1) is 0 Å². The highest BCUT2D eigenvalue weighted by molar-refractivity contribution is 5.81. The first-order chi connectivity index (χ1) is 10.1. The summed E-state index contributed by atoms with van der Waals surface area (Å²) in [5.41, 5.74) is 5.99. The topological polar surface area (TPSA) is 25.2 Å². The Morgan fingerprint density at radius 2 is 1.76 bits per heavy atom. The number of rotatable bonds is 3. The summed E-state index contributed by atoms with van der Waals surface area (Å²) in [4.78, 5) is 0. The first-order valence-corrected chi connectivity index (χ1v) is 7.33. The molecule has 1 atom stereocenters. The first-order valence-electron chi connectivity index (χ1n) is 7.33. The Morgan fingerprint density at radius 3 is 2.43 bits per heavy atom. The fourth-order valence-corrected chi connectivity index (χ4v) is 2.97. The van der Waals surface area contributed by atoms with Crippen molar-refractivity contribution in [2.24, 2.45) is 0 Å². The predicted octanol–water partition coefficient (Wildman–Crippen LogP) is 4.67. The quantitative estimate of drug-likeness (QED) is 0.754. The van der Waals surface area contributed by atoms with Crippen LogP contribution in [0.3, 0.4) is 0 Å². The average Bonchev–Trinajstić information content (AvgIpc) is 2.87. The Bertz CT molecular complexity index is 785. The van der Waals surface area contributed by atoms with E-state index in [1.54, 1.807) is 0 Å². The maximum atomic E-state index is 6.13. The molecule has 0 aliphatic heterocycles. The van der Waals surface area contributed by atoms with Crippen molar-refractivity contribution in [3.05, 3.63) is 70.5 Å². The molecule has 108 valence electrons. The number of nitrogens with one attached hydrogen (secondary N) is 1. The van der Waals surface area contributed by atoms with Gasteiger partial charge in [-0.2, -0.15) is 0 Å². The summed E-state index contributed by atoms with van der Waals surface area (Å²) >= 11 is 0. The van der Waals surface area contributed by atoms with Crippen LogP contribution in [0, 0.1) is 20.8 Å². The highest BCUT2D eigenvalue weighted by atomic mass is 16.3. The van der Waals surface area contributed by atoms with Gasteiger partial charge < -0.3 is 9.73 Å². The van der Waals surface area contributed by atoms with Crippen LogP contribution in [0.2, 0.25) is 0 Å². The van der Waals surface area contributed by atoms with Crippen molar-refractivity contribution in [3.63, 3.8) is 0 Å². The third-order valence-corrected chi connectivity index (χ3v) is 4.07. The van der Waals surface area contributed by atoms with Crippen LogP contribution in [0.25, 0.3) is 11.0 Å². The third kappa shape index (κ3) is 2.47. The summed E-state index contributed by atoms with van der Waals surface area (Å²) in [6.07, 6.45) is 0. The van der Waals surface area contributed by atoms with Gasteiger partial charge in [-0.05, 0) is 50.6 Å². The molecule has 1 N–H and O–H groups in total. The van der Waals surface area contributed by atoms with Gasteiger partial charge in [-0.3, -0.25) is 0 Å². The molecule has 0 saturated heterocycles. The molecule has 0 aliphatic carbocycles. The van der Waals surface area contributed by atoms with Crippen LogP contribution in [-0.2, 0) is 0 Å². The van der Waals surface area contributed by atoms with Gasteiger partial charge in [-0.1, -0.05) is 42.0 Å². The Hall–Kier alpha value is -2.06. The molecule has 2 aromatic carbocycles. The molecule has 1 aromatic heterocycles. The van der Waals surface area contributed by atoms with Gasteiger partial charge in [0.25, 0.3) is 0 Å². The highest BCUT2D eigenvalue weighted by Gasteiger charge is 2.19. The van der Waals surface area contributed by atoms with E-state index >= 15 is 0 Å². The molecule has 0 bridgehead atoms. The van der Waals surface area contributed by atoms with Gasteiger partial charge in [0.15, 0.2) is 0 Å². The van der Waals surface area contributed by atoms with Crippen molar-refractivity contribution in [1.29, 1.82) is 0 Å². The van der Waals surface area contributed by atoms with Gasteiger partial charge in [0.1, 0.15) is 11.3 Å². The largest absolute Gasteiger partial charge is 0.459 e. The van der Waals surface area contributed by atoms with E-state index in [0.717, 1.165) is 16.7 Å². The number of aryl methyl sites for hydroxylation is 3. The zero-order chi connectivity index (χ0) is 15.0. The van der Waals surface area contributed by atoms with Crippen molar-refractivity contribution in [2.45, 2.75) is 26.8 Å². The molecule has 1 heterocycles. The van der Waals surface area contributed by atoms with Crippen LogP contribution < -0.4 is 5.32 Å². The molecule has 0 amide bonds. The first kappa shape index (κ1) is 13.9. The van der Waals surface area contributed by atoms with Crippen molar-refractivity contribution in [2.75, 3.05) is 7.05 Å². The van der Waals surface area contributed by atoms with Gasteiger partial charge in [-0.25, -0.2) is 0 Å². The van der Waals surface area contributed by atoms with E-state index in [4.69, 9.17) is 4.42 Å². The number of hydrogen-bond acceptors (Lipinski definition) is 2. The molecule has 0 saturated carbocycles. The maximum Gasteiger partial charge on any atom is 0.137 e. The fourth-order valence-electron chi connectivity index (χ4n) is 2.97. The fraction of sp³-hybridized carbons (Fsp3) is 0.263. The standard InChI is InChI=1S/C19H21NO/c1-12-8-9-16(14(3)10-12)18(20-4)17-11-15-7-5-6-13(2)19(15)21-17/h5-11,18,20H,1-4H3. The SMILES string of the molecule is CNC(c1cc2cccc(C)c2o1)c1ccc(C)cc1C. The lowest BCUT2D eigenvalue weighted by atomic mass is 9.97.